The van der Waals surface area contributed by atoms with Gasteiger partial charge < -0.3 is 10.2 Å². The molecule has 0 amide bonds. The Labute approximate surface area is 138 Å². The van der Waals surface area contributed by atoms with Crippen LogP contribution in [0.15, 0.2) is 71.4 Å². The molecule has 0 aliphatic carbocycles. The maximum absolute atomic E-state index is 11.6. The molecule has 0 aliphatic heterocycles. The van der Waals surface area contributed by atoms with Gasteiger partial charge in [-0.3, -0.25) is 4.79 Å². The zero-order valence-corrected chi connectivity index (χ0v) is 13.1. The Morgan fingerprint density at radius 3 is 2.09 bits per heavy atom. The van der Waals surface area contributed by atoms with E-state index in [1.165, 1.54) is 11.3 Å². The summed E-state index contributed by atoms with van der Waals surface area (Å²) in [5, 5.41) is 23.5. The van der Waals surface area contributed by atoms with Crippen molar-refractivity contribution in [3.8, 4) is 11.1 Å². The molecule has 0 spiro atoms. The lowest BCUT2D eigenvalue weighted by atomic mass is 9.89. The predicted molar refractivity (Wildman–Crippen MR) is 91.5 cm³/mol. The molecule has 2 aromatic carbocycles. The molecule has 0 unspecified atom stereocenters. The van der Waals surface area contributed by atoms with Crippen molar-refractivity contribution >= 4 is 17.3 Å². The van der Waals surface area contributed by atoms with Crippen molar-refractivity contribution in [2.45, 2.75) is 12.0 Å². The molecule has 3 aromatic rings. The highest BCUT2D eigenvalue weighted by atomic mass is 32.1. The van der Waals surface area contributed by atoms with Crippen LogP contribution < -0.4 is 0 Å². The van der Waals surface area contributed by atoms with E-state index in [1.54, 1.807) is 23.6 Å². The third-order valence-corrected chi connectivity index (χ3v) is 4.54. The number of hydrogen-bond acceptors (Lipinski definition) is 3. The monoisotopic (exact) mass is 324 g/mol. The van der Waals surface area contributed by atoms with Crippen molar-refractivity contribution in [1.82, 2.24) is 0 Å². The number of rotatable bonds is 5. The molecule has 4 heteroatoms. The Morgan fingerprint density at radius 2 is 1.52 bits per heavy atom. The standard InChI is InChI=1S/C19H16O3S/c20-18(16-10-11-23-12-16)17(19(21)22)15-8-6-14(7-9-15)13-4-2-1-3-5-13/h1-12,17-18,20H,(H,21,22)/t17-,18+/m1/s1. The molecule has 1 heterocycles. The third-order valence-electron chi connectivity index (χ3n) is 3.84. The minimum absolute atomic E-state index is 0.593. The molecule has 0 saturated carbocycles. The minimum atomic E-state index is -1.05. The Morgan fingerprint density at radius 1 is 0.870 bits per heavy atom. The van der Waals surface area contributed by atoms with Crippen molar-refractivity contribution in [3.05, 3.63) is 82.6 Å². The van der Waals surface area contributed by atoms with E-state index < -0.39 is 18.0 Å². The molecule has 2 N–H and O–H groups in total. The van der Waals surface area contributed by atoms with Gasteiger partial charge in [-0.05, 0) is 39.1 Å². The molecular weight excluding hydrogens is 308 g/mol. The first kappa shape index (κ1) is 15.5. The fraction of sp³-hybridized carbons (Fsp3) is 0.105. The highest BCUT2D eigenvalue weighted by Crippen LogP contribution is 2.33. The van der Waals surface area contributed by atoms with E-state index in [9.17, 15) is 15.0 Å². The van der Waals surface area contributed by atoms with Gasteiger partial charge in [0.25, 0.3) is 0 Å². The maximum Gasteiger partial charge on any atom is 0.314 e. The summed E-state index contributed by atoms with van der Waals surface area (Å²) in [5.41, 5.74) is 3.32. The van der Waals surface area contributed by atoms with Crippen LogP contribution in [0.4, 0.5) is 0 Å². The fourth-order valence-electron chi connectivity index (χ4n) is 2.61. The number of aliphatic carboxylic acids is 1. The number of benzene rings is 2. The lowest BCUT2D eigenvalue weighted by Gasteiger charge is -2.19. The summed E-state index contributed by atoms with van der Waals surface area (Å²) in [6, 6.07) is 19.0. The van der Waals surface area contributed by atoms with Gasteiger partial charge in [-0.1, -0.05) is 54.6 Å². The van der Waals surface area contributed by atoms with Crippen molar-refractivity contribution in [2.24, 2.45) is 0 Å². The fourth-order valence-corrected chi connectivity index (χ4v) is 3.30. The van der Waals surface area contributed by atoms with Gasteiger partial charge >= 0.3 is 5.97 Å². The van der Waals surface area contributed by atoms with Crippen LogP contribution in [0.25, 0.3) is 11.1 Å². The van der Waals surface area contributed by atoms with Crippen molar-refractivity contribution in [2.75, 3.05) is 0 Å². The van der Waals surface area contributed by atoms with E-state index in [4.69, 9.17) is 0 Å². The Hall–Kier alpha value is -2.43. The van der Waals surface area contributed by atoms with Crippen molar-refractivity contribution < 1.29 is 15.0 Å². The molecule has 2 atom stereocenters. The smallest absolute Gasteiger partial charge is 0.314 e. The molecule has 0 radical (unpaired) electrons. The average molecular weight is 324 g/mol. The first-order valence-electron chi connectivity index (χ1n) is 7.25. The van der Waals surface area contributed by atoms with Gasteiger partial charge in [0, 0.05) is 0 Å². The van der Waals surface area contributed by atoms with Gasteiger partial charge in [-0.2, -0.15) is 11.3 Å². The van der Waals surface area contributed by atoms with Crippen LogP contribution in [0.2, 0.25) is 0 Å². The topological polar surface area (TPSA) is 57.5 Å². The molecule has 23 heavy (non-hydrogen) atoms. The Balaban J connectivity index is 1.91. The number of hydrogen-bond donors (Lipinski definition) is 2. The summed E-state index contributed by atoms with van der Waals surface area (Å²) in [6.07, 6.45) is -1.05. The summed E-state index contributed by atoms with van der Waals surface area (Å²) < 4.78 is 0. The summed E-state index contributed by atoms with van der Waals surface area (Å²) in [5.74, 6) is -2.01. The SMILES string of the molecule is O=C(O)[C@H](c1ccc(-c2ccccc2)cc1)[C@@H](O)c1ccsc1. The van der Waals surface area contributed by atoms with Crippen LogP contribution in [-0.4, -0.2) is 16.2 Å². The van der Waals surface area contributed by atoms with Gasteiger partial charge in [-0.15, -0.1) is 0 Å². The quantitative estimate of drug-likeness (QED) is 0.735. The van der Waals surface area contributed by atoms with Crippen LogP contribution in [-0.2, 0) is 4.79 Å². The molecule has 1 aromatic heterocycles. The number of carboxylic acids is 1. The Kier molecular flexibility index (Phi) is 4.55. The van der Waals surface area contributed by atoms with E-state index in [1.807, 2.05) is 47.8 Å². The van der Waals surface area contributed by atoms with Gasteiger partial charge in [0.1, 0.15) is 5.92 Å². The van der Waals surface area contributed by atoms with E-state index in [-0.39, 0.29) is 0 Å². The maximum atomic E-state index is 11.6. The highest BCUT2D eigenvalue weighted by Gasteiger charge is 2.29. The zero-order chi connectivity index (χ0) is 16.2. The van der Waals surface area contributed by atoms with E-state index in [0.29, 0.717) is 11.1 Å². The Bertz CT molecular complexity index is 764. The molecule has 116 valence electrons. The van der Waals surface area contributed by atoms with Crippen LogP contribution >= 0.6 is 11.3 Å². The number of carboxylic acid groups (broad SMARTS) is 1. The number of aliphatic hydroxyl groups is 1. The summed E-state index contributed by atoms with van der Waals surface area (Å²) in [7, 11) is 0. The van der Waals surface area contributed by atoms with E-state index in [2.05, 4.69) is 0 Å². The van der Waals surface area contributed by atoms with E-state index >= 15 is 0 Å². The second kappa shape index (κ2) is 6.77. The summed E-state index contributed by atoms with van der Waals surface area (Å²) >= 11 is 1.44. The van der Waals surface area contributed by atoms with Crippen molar-refractivity contribution in [3.63, 3.8) is 0 Å². The second-order valence-corrected chi connectivity index (χ2v) is 6.09. The van der Waals surface area contributed by atoms with Crippen LogP contribution in [0.1, 0.15) is 23.1 Å². The van der Waals surface area contributed by atoms with Gasteiger partial charge in [0.05, 0.1) is 6.10 Å². The molecule has 3 rings (SSSR count). The molecule has 3 nitrogen and oxygen atoms in total. The molecular formula is C19H16O3S. The molecule has 0 bridgehead atoms. The van der Waals surface area contributed by atoms with Crippen molar-refractivity contribution in [1.29, 1.82) is 0 Å². The lowest BCUT2D eigenvalue weighted by Crippen LogP contribution is -2.19. The normalized spacial score (nSPS) is 13.4. The van der Waals surface area contributed by atoms with Gasteiger partial charge in [-0.25, -0.2) is 0 Å². The van der Waals surface area contributed by atoms with Gasteiger partial charge in [0.15, 0.2) is 0 Å². The van der Waals surface area contributed by atoms with Crippen LogP contribution in [0.5, 0.6) is 0 Å². The summed E-state index contributed by atoms with van der Waals surface area (Å²) in [4.78, 5) is 11.6. The number of aliphatic hydroxyl groups excluding tert-OH is 1. The summed E-state index contributed by atoms with van der Waals surface area (Å²) in [6.45, 7) is 0. The van der Waals surface area contributed by atoms with E-state index in [0.717, 1.165) is 11.1 Å². The predicted octanol–water partition coefficient (Wildman–Crippen LogP) is 4.32. The number of thiophene rings is 1. The average Bonchev–Trinajstić information content (AvgIpc) is 3.11. The highest BCUT2D eigenvalue weighted by molar-refractivity contribution is 7.07. The first-order chi connectivity index (χ1) is 11.2. The molecule has 0 saturated heterocycles. The number of carbonyl (C=O) groups is 1. The van der Waals surface area contributed by atoms with Crippen LogP contribution in [0.3, 0.4) is 0 Å². The van der Waals surface area contributed by atoms with Crippen LogP contribution in [0, 0.1) is 0 Å². The molecule has 0 fully saturated rings. The minimum Gasteiger partial charge on any atom is -0.481 e. The lowest BCUT2D eigenvalue weighted by molar-refractivity contribution is -0.141. The zero-order valence-electron chi connectivity index (χ0n) is 12.3. The largest absolute Gasteiger partial charge is 0.481 e. The first-order valence-corrected chi connectivity index (χ1v) is 8.19. The second-order valence-electron chi connectivity index (χ2n) is 5.31. The third kappa shape index (κ3) is 3.33. The molecule has 0 aliphatic rings. The van der Waals surface area contributed by atoms with Gasteiger partial charge in [0.2, 0.25) is 0 Å².